The van der Waals surface area contributed by atoms with Crippen LogP contribution in [0.3, 0.4) is 0 Å². The van der Waals surface area contributed by atoms with Gasteiger partial charge in [-0.15, -0.1) is 0 Å². The van der Waals surface area contributed by atoms with Crippen molar-refractivity contribution in [3.05, 3.63) is 11.6 Å². The molecule has 13 heteroatoms. The van der Waals surface area contributed by atoms with Crippen molar-refractivity contribution < 1.29 is 28.0 Å². The Bertz CT molecular complexity index is 848. The highest BCUT2D eigenvalue weighted by atomic mass is 35.5. The summed E-state index contributed by atoms with van der Waals surface area (Å²) in [5.74, 6) is 0.132. The number of hydrogen-bond donors (Lipinski definition) is 2. The van der Waals surface area contributed by atoms with Crippen molar-refractivity contribution in [3.63, 3.8) is 0 Å². The normalized spacial score (nSPS) is 36.1. The fraction of sp³-hybridized carbons (Fsp3) is 0.545. The lowest BCUT2D eigenvalue weighted by Crippen LogP contribution is -2.40. The molecule has 4 rings (SSSR count). The van der Waals surface area contributed by atoms with Gasteiger partial charge in [-0.05, 0) is 11.6 Å². The van der Waals surface area contributed by atoms with Crippen LogP contribution in [0.2, 0.25) is 5.28 Å². The third-order valence-electron chi connectivity index (χ3n) is 3.91. The summed E-state index contributed by atoms with van der Waals surface area (Å²) in [6, 6.07) is 0. The van der Waals surface area contributed by atoms with Gasteiger partial charge in [0.25, 0.3) is 0 Å². The van der Waals surface area contributed by atoms with Gasteiger partial charge >= 0.3 is 7.82 Å². The zero-order valence-corrected chi connectivity index (χ0v) is 13.9. The molecule has 3 N–H and O–H groups in total. The smallest absolute Gasteiger partial charge is 0.382 e. The number of anilines is 1. The van der Waals surface area contributed by atoms with Crippen molar-refractivity contribution in [2.75, 3.05) is 19.5 Å². The molecule has 0 spiro atoms. The Morgan fingerprint density at radius 2 is 2.33 bits per heavy atom. The highest BCUT2D eigenvalue weighted by molar-refractivity contribution is 7.47. The number of phosphoric acid groups is 1. The molecule has 5 atom stereocenters. The molecule has 2 fully saturated rings. The zero-order valence-electron chi connectivity index (χ0n) is 12.3. The highest BCUT2D eigenvalue weighted by Crippen LogP contribution is 2.53. The van der Waals surface area contributed by atoms with Crippen molar-refractivity contribution in [2.45, 2.75) is 24.5 Å². The number of methoxy groups -OCH3 is 1. The van der Waals surface area contributed by atoms with Gasteiger partial charge in [0.1, 0.15) is 23.8 Å². The van der Waals surface area contributed by atoms with E-state index in [1.54, 1.807) is 4.57 Å². The van der Waals surface area contributed by atoms with Crippen LogP contribution < -0.4 is 5.73 Å². The largest absolute Gasteiger partial charge is 0.472 e. The first kappa shape index (κ1) is 16.2. The monoisotopic (exact) mass is 377 g/mol. The van der Waals surface area contributed by atoms with E-state index in [2.05, 4.69) is 15.0 Å². The molecular formula is C11H13ClN5O6P. The van der Waals surface area contributed by atoms with Gasteiger partial charge in [0.2, 0.25) is 5.28 Å². The third kappa shape index (κ3) is 2.49. The third-order valence-corrected chi connectivity index (χ3v) is 5.06. The minimum Gasteiger partial charge on any atom is -0.382 e. The zero-order chi connectivity index (χ0) is 17.1. The van der Waals surface area contributed by atoms with E-state index in [1.165, 1.54) is 13.4 Å². The Morgan fingerprint density at radius 3 is 3.08 bits per heavy atom. The summed E-state index contributed by atoms with van der Waals surface area (Å²) in [4.78, 5) is 21.6. The lowest BCUT2D eigenvalue weighted by atomic mass is 10.1. The predicted molar refractivity (Wildman–Crippen MR) is 80.1 cm³/mol. The molecule has 11 nitrogen and oxygen atoms in total. The second-order valence-electron chi connectivity index (χ2n) is 5.30. The number of aromatic nitrogens is 4. The van der Waals surface area contributed by atoms with Crippen LogP contribution in [-0.2, 0) is 23.1 Å². The molecule has 0 bridgehead atoms. The Kier molecular flexibility index (Phi) is 3.77. The van der Waals surface area contributed by atoms with E-state index in [9.17, 15) is 9.46 Å². The molecule has 0 saturated carbocycles. The Morgan fingerprint density at radius 1 is 1.54 bits per heavy atom. The first-order valence-corrected chi connectivity index (χ1v) is 8.76. The summed E-state index contributed by atoms with van der Waals surface area (Å²) in [6.07, 6.45) is -1.31. The van der Waals surface area contributed by atoms with Gasteiger partial charge in [-0.3, -0.25) is 13.6 Å². The van der Waals surface area contributed by atoms with Crippen molar-refractivity contribution in [3.8, 4) is 0 Å². The van der Waals surface area contributed by atoms with Gasteiger partial charge in [0, 0.05) is 7.11 Å². The number of nitrogens with two attached hydrogens (primary N) is 1. The Labute approximate surface area is 140 Å². The van der Waals surface area contributed by atoms with E-state index >= 15 is 0 Å². The molecule has 0 aliphatic carbocycles. The molecule has 2 aromatic rings. The standard InChI is InChI=1S/C11H13ClN5O6P/c1-20-7-6-4(2-21-24(18,19)23-6)22-10(7)17-3-14-5-8(13)15-11(12)16-9(5)17/h3-4,6-7,10H,2H2,1H3,(H,18,19)(H2,13,15,16). The molecule has 130 valence electrons. The van der Waals surface area contributed by atoms with E-state index in [1.807, 2.05) is 0 Å². The van der Waals surface area contributed by atoms with Crippen molar-refractivity contribution >= 4 is 36.4 Å². The molecule has 0 aromatic carbocycles. The lowest BCUT2D eigenvalue weighted by molar-refractivity contribution is -0.0667. The summed E-state index contributed by atoms with van der Waals surface area (Å²) in [6.45, 7) is -0.0979. The van der Waals surface area contributed by atoms with Crippen LogP contribution in [-0.4, -0.2) is 56.4 Å². The average Bonchev–Trinajstić information content (AvgIpc) is 3.06. The van der Waals surface area contributed by atoms with Gasteiger partial charge in [-0.2, -0.15) is 9.97 Å². The number of ether oxygens (including phenoxy) is 2. The van der Waals surface area contributed by atoms with Crippen LogP contribution in [0.5, 0.6) is 0 Å². The second kappa shape index (κ2) is 5.60. The molecule has 24 heavy (non-hydrogen) atoms. The van der Waals surface area contributed by atoms with Gasteiger partial charge in [0.05, 0.1) is 12.9 Å². The van der Waals surface area contributed by atoms with Crippen LogP contribution in [0, 0.1) is 0 Å². The Balaban J connectivity index is 1.76. The van der Waals surface area contributed by atoms with Crippen LogP contribution in [0.1, 0.15) is 6.23 Å². The van der Waals surface area contributed by atoms with Gasteiger partial charge in [-0.25, -0.2) is 9.55 Å². The number of nitrogens with zero attached hydrogens (tertiary/aromatic N) is 4. The van der Waals surface area contributed by atoms with E-state index < -0.39 is 32.4 Å². The van der Waals surface area contributed by atoms with Crippen molar-refractivity contribution in [1.29, 1.82) is 0 Å². The molecule has 2 aromatic heterocycles. The summed E-state index contributed by atoms with van der Waals surface area (Å²) in [5, 5.41) is -0.0365. The number of hydrogen-bond acceptors (Lipinski definition) is 9. The molecule has 5 unspecified atom stereocenters. The lowest BCUT2D eigenvalue weighted by Gasteiger charge is -2.29. The van der Waals surface area contributed by atoms with Crippen LogP contribution in [0.15, 0.2) is 6.33 Å². The Hall–Kier alpha value is -1.33. The molecule has 2 aliphatic heterocycles. The van der Waals surface area contributed by atoms with E-state index in [-0.39, 0.29) is 17.7 Å². The average molecular weight is 378 g/mol. The van der Waals surface area contributed by atoms with Crippen LogP contribution in [0.25, 0.3) is 11.2 Å². The molecule has 2 aliphatic rings. The maximum absolute atomic E-state index is 11.7. The van der Waals surface area contributed by atoms with Gasteiger partial charge < -0.3 is 20.1 Å². The number of rotatable bonds is 2. The number of fused-ring (bicyclic) bond motifs is 2. The van der Waals surface area contributed by atoms with E-state index in [0.717, 1.165) is 0 Å². The second-order valence-corrected chi connectivity index (χ2v) is 7.05. The minimum absolute atomic E-state index is 0.0365. The molecule has 4 heterocycles. The number of imidazole rings is 1. The summed E-state index contributed by atoms with van der Waals surface area (Å²) >= 11 is 5.86. The number of nitrogen functional groups attached to an aromatic ring is 1. The van der Waals surface area contributed by atoms with Crippen LogP contribution in [0.4, 0.5) is 5.82 Å². The molecular weight excluding hydrogens is 365 g/mol. The quantitative estimate of drug-likeness (QED) is 0.560. The maximum Gasteiger partial charge on any atom is 0.472 e. The molecule has 0 radical (unpaired) electrons. The van der Waals surface area contributed by atoms with Crippen molar-refractivity contribution in [1.82, 2.24) is 19.5 Å². The van der Waals surface area contributed by atoms with Crippen LogP contribution >= 0.6 is 19.4 Å². The maximum atomic E-state index is 11.7. The number of phosphoric ester groups is 1. The van der Waals surface area contributed by atoms with Gasteiger partial charge in [0.15, 0.2) is 17.7 Å². The van der Waals surface area contributed by atoms with E-state index in [4.69, 9.17) is 35.9 Å². The van der Waals surface area contributed by atoms with Gasteiger partial charge in [-0.1, -0.05) is 0 Å². The summed E-state index contributed by atoms with van der Waals surface area (Å²) in [7, 11) is -2.68. The summed E-state index contributed by atoms with van der Waals surface area (Å²) in [5.41, 5.74) is 6.50. The first-order valence-electron chi connectivity index (χ1n) is 6.89. The molecule has 2 saturated heterocycles. The topological polar surface area (TPSA) is 144 Å². The fourth-order valence-corrected chi connectivity index (χ4v) is 4.02. The minimum atomic E-state index is -4.13. The highest BCUT2D eigenvalue weighted by Gasteiger charge is 2.53. The fourth-order valence-electron chi connectivity index (χ4n) is 2.89. The molecule has 0 amide bonds. The predicted octanol–water partition coefficient (Wildman–Crippen LogP) is 0.490. The van der Waals surface area contributed by atoms with E-state index in [0.29, 0.717) is 11.2 Å². The van der Waals surface area contributed by atoms with Crippen molar-refractivity contribution in [2.24, 2.45) is 0 Å². The first-order chi connectivity index (χ1) is 11.4. The SMILES string of the molecule is COC1C2OP(=O)(O)OCC2OC1n1cnc2c(N)nc(Cl)nc21. The number of halogens is 1. The summed E-state index contributed by atoms with van der Waals surface area (Å²) < 4.78 is 34.4.